The van der Waals surface area contributed by atoms with Gasteiger partial charge in [-0.05, 0) is 49.8 Å². The molecule has 3 N–H and O–H groups in total. The van der Waals surface area contributed by atoms with Gasteiger partial charge in [-0.15, -0.1) is 24.0 Å². The highest BCUT2D eigenvalue weighted by atomic mass is 127. The highest BCUT2D eigenvalue weighted by molar-refractivity contribution is 14.0. The van der Waals surface area contributed by atoms with Gasteiger partial charge in [-0.2, -0.15) is 8.78 Å². The smallest absolute Gasteiger partial charge is 0.387 e. The fraction of sp³-hybridized carbons (Fsp3) is 0.650. The molecule has 1 aromatic rings. The van der Waals surface area contributed by atoms with Crippen LogP contribution in [0, 0.1) is 5.41 Å². The van der Waals surface area contributed by atoms with E-state index in [0.717, 1.165) is 12.8 Å². The van der Waals surface area contributed by atoms with Gasteiger partial charge in [-0.1, -0.05) is 13.8 Å². The summed E-state index contributed by atoms with van der Waals surface area (Å²) in [6.45, 7) is 4.87. The van der Waals surface area contributed by atoms with Gasteiger partial charge in [0.2, 0.25) is 0 Å². The number of hydrogen-bond donors (Lipinski definition) is 3. The summed E-state index contributed by atoms with van der Waals surface area (Å²) < 4.78 is 35.1. The minimum atomic E-state index is -2.91. The molecule has 1 rings (SSSR count). The van der Waals surface area contributed by atoms with Crippen molar-refractivity contribution < 1.29 is 23.4 Å². The summed E-state index contributed by atoms with van der Waals surface area (Å²) in [4.78, 5) is 4.51. The molecule has 9 heteroatoms. The van der Waals surface area contributed by atoms with Gasteiger partial charge in [0.1, 0.15) is 11.5 Å². The molecule has 29 heavy (non-hydrogen) atoms. The van der Waals surface area contributed by atoms with Crippen LogP contribution >= 0.6 is 24.0 Å². The van der Waals surface area contributed by atoms with E-state index < -0.39 is 6.61 Å². The third-order valence-corrected chi connectivity index (χ3v) is 5.01. The van der Waals surface area contributed by atoms with E-state index in [0.29, 0.717) is 36.8 Å². The number of methoxy groups -OCH3 is 1. The number of benzene rings is 1. The van der Waals surface area contributed by atoms with Crippen molar-refractivity contribution in [1.82, 2.24) is 10.6 Å². The number of nitrogens with one attached hydrogen (secondary N) is 2. The zero-order valence-corrected chi connectivity index (χ0v) is 20.0. The summed E-state index contributed by atoms with van der Waals surface area (Å²) in [7, 11) is 1.51. The number of ether oxygens (including phenoxy) is 2. The number of aliphatic imine (C=N–C) groups is 1. The van der Waals surface area contributed by atoms with Crippen LogP contribution in [0.25, 0.3) is 0 Å². The van der Waals surface area contributed by atoms with Gasteiger partial charge in [-0.25, -0.2) is 4.99 Å². The molecule has 0 aromatic heterocycles. The van der Waals surface area contributed by atoms with Gasteiger partial charge in [-0.3, -0.25) is 0 Å². The molecular weight excluding hydrogens is 495 g/mol. The predicted molar refractivity (Wildman–Crippen MR) is 123 cm³/mol. The Labute approximate surface area is 189 Å². The summed E-state index contributed by atoms with van der Waals surface area (Å²) in [6.07, 6.45) is 2.56. The molecular formula is C20H34F2IN3O3. The zero-order valence-electron chi connectivity index (χ0n) is 17.6. The molecule has 0 radical (unpaired) electrons. The molecule has 0 unspecified atom stereocenters. The molecule has 1 aromatic carbocycles. The molecule has 6 nitrogen and oxygen atoms in total. The number of aliphatic hydroxyl groups excluding tert-OH is 1. The fourth-order valence-electron chi connectivity index (χ4n) is 2.97. The minimum absolute atomic E-state index is 0. The monoisotopic (exact) mass is 529 g/mol. The fourth-order valence-corrected chi connectivity index (χ4v) is 2.97. The second-order valence-electron chi connectivity index (χ2n) is 6.58. The van der Waals surface area contributed by atoms with Crippen LogP contribution in [0.3, 0.4) is 0 Å². The third kappa shape index (κ3) is 9.33. The quantitative estimate of drug-likeness (QED) is 0.216. The lowest BCUT2D eigenvalue weighted by atomic mass is 9.79. The second-order valence-corrected chi connectivity index (χ2v) is 6.58. The van der Waals surface area contributed by atoms with Crippen molar-refractivity contribution >= 4 is 29.9 Å². The Morgan fingerprint density at radius 2 is 1.90 bits per heavy atom. The van der Waals surface area contributed by atoms with Crippen LogP contribution in [0.4, 0.5) is 8.78 Å². The second kappa shape index (κ2) is 14.6. The first-order valence-corrected chi connectivity index (χ1v) is 9.68. The highest BCUT2D eigenvalue weighted by Crippen LogP contribution is 2.29. The van der Waals surface area contributed by atoms with Crippen molar-refractivity contribution in [2.24, 2.45) is 10.4 Å². The average molecular weight is 529 g/mol. The summed E-state index contributed by atoms with van der Waals surface area (Å²) in [5, 5.41) is 15.9. The normalized spacial score (nSPS) is 11.8. The van der Waals surface area contributed by atoms with Crippen molar-refractivity contribution in [2.45, 2.75) is 53.2 Å². The minimum Gasteiger partial charge on any atom is -0.497 e. The Hall–Kier alpha value is -1.36. The van der Waals surface area contributed by atoms with Gasteiger partial charge in [0, 0.05) is 25.3 Å². The molecule has 0 spiro atoms. The molecule has 0 atom stereocenters. The van der Waals surface area contributed by atoms with E-state index in [2.05, 4.69) is 34.2 Å². The van der Waals surface area contributed by atoms with E-state index in [-0.39, 0.29) is 48.3 Å². The average Bonchev–Trinajstić information content (AvgIpc) is 2.69. The van der Waals surface area contributed by atoms with Crippen LogP contribution in [0.1, 0.15) is 45.6 Å². The first-order valence-electron chi connectivity index (χ1n) is 9.68. The van der Waals surface area contributed by atoms with Crippen LogP contribution in [0.5, 0.6) is 11.5 Å². The van der Waals surface area contributed by atoms with Gasteiger partial charge in [0.25, 0.3) is 0 Å². The first-order chi connectivity index (χ1) is 13.4. The van der Waals surface area contributed by atoms with Crippen molar-refractivity contribution in [2.75, 3.05) is 26.8 Å². The Morgan fingerprint density at radius 3 is 2.41 bits per heavy atom. The Balaban J connectivity index is 0.00000784. The summed E-state index contributed by atoms with van der Waals surface area (Å²) in [5.41, 5.74) is 0.481. The van der Waals surface area contributed by atoms with Crippen molar-refractivity contribution in [1.29, 1.82) is 0 Å². The van der Waals surface area contributed by atoms with Gasteiger partial charge in [0.05, 0.1) is 13.7 Å². The van der Waals surface area contributed by atoms with Crippen LogP contribution in [-0.4, -0.2) is 44.5 Å². The van der Waals surface area contributed by atoms with Crippen LogP contribution in [0.15, 0.2) is 23.2 Å². The van der Waals surface area contributed by atoms with Crippen LogP contribution in [-0.2, 0) is 6.54 Å². The summed E-state index contributed by atoms with van der Waals surface area (Å²) >= 11 is 0. The molecule has 0 aliphatic carbocycles. The Morgan fingerprint density at radius 1 is 1.21 bits per heavy atom. The molecule has 0 saturated carbocycles. The molecule has 0 heterocycles. The maximum Gasteiger partial charge on any atom is 0.387 e. The molecule has 0 amide bonds. The van der Waals surface area contributed by atoms with E-state index in [1.807, 2.05) is 6.92 Å². The number of halogens is 3. The molecule has 0 bridgehead atoms. The van der Waals surface area contributed by atoms with E-state index >= 15 is 0 Å². The van der Waals surface area contributed by atoms with Crippen molar-refractivity contribution in [3.8, 4) is 11.5 Å². The molecule has 0 fully saturated rings. The van der Waals surface area contributed by atoms with E-state index in [1.54, 1.807) is 12.1 Å². The largest absolute Gasteiger partial charge is 0.497 e. The number of aliphatic hydroxyl groups is 1. The first kappa shape index (κ1) is 27.6. The standard InChI is InChI=1S/C20H33F2N3O3.HI/c1-5-20(6-2,10-11-26)14-25-19(23-7-3)24-13-15-12-16(27-4)8-9-17(15)28-18(21)22;/h8-9,12,18,26H,5-7,10-11,13-14H2,1-4H3,(H2,23,24,25);1H. The SMILES string of the molecule is CCNC(=NCc1cc(OC)ccc1OC(F)F)NCC(CC)(CC)CCO.I. The zero-order chi connectivity index (χ0) is 21.0. The number of guanidine groups is 1. The van der Waals surface area contributed by atoms with E-state index in [1.165, 1.54) is 13.2 Å². The van der Waals surface area contributed by atoms with Crippen molar-refractivity contribution in [3.63, 3.8) is 0 Å². The Bertz CT molecular complexity index is 615. The highest BCUT2D eigenvalue weighted by Gasteiger charge is 2.25. The lowest BCUT2D eigenvalue weighted by Gasteiger charge is -2.32. The summed E-state index contributed by atoms with van der Waals surface area (Å²) in [6, 6.07) is 4.66. The lowest BCUT2D eigenvalue weighted by molar-refractivity contribution is -0.0504. The number of rotatable bonds is 12. The maximum absolute atomic E-state index is 12.7. The molecule has 168 valence electrons. The van der Waals surface area contributed by atoms with Gasteiger partial charge < -0.3 is 25.2 Å². The number of hydrogen-bond acceptors (Lipinski definition) is 4. The molecule has 0 aliphatic rings. The topological polar surface area (TPSA) is 75.1 Å². The Kier molecular flexibility index (Phi) is 13.9. The van der Waals surface area contributed by atoms with Gasteiger partial charge >= 0.3 is 6.61 Å². The molecule has 0 aliphatic heterocycles. The van der Waals surface area contributed by atoms with Crippen LogP contribution in [0.2, 0.25) is 0 Å². The third-order valence-electron chi connectivity index (χ3n) is 5.01. The number of nitrogens with zero attached hydrogens (tertiary/aromatic N) is 1. The lowest BCUT2D eigenvalue weighted by Crippen LogP contribution is -2.43. The van der Waals surface area contributed by atoms with Crippen LogP contribution < -0.4 is 20.1 Å². The van der Waals surface area contributed by atoms with Crippen molar-refractivity contribution in [3.05, 3.63) is 23.8 Å². The summed E-state index contributed by atoms with van der Waals surface area (Å²) in [5.74, 6) is 1.20. The van der Waals surface area contributed by atoms with E-state index in [4.69, 9.17) is 4.74 Å². The maximum atomic E-state index is 12.7. The predicted octanol–water partition coefficient (Wildman–Crippen LogP) is 4.16. The van der Waals surface area contributed by atoms with Gasteiger partial charge in [0.15, 0.2) is 5.96 Å². The number of alkyl halides is 2. The molecule has 0 saturated heterocycles. The van der Waals surface area contributed by atoms with E-state index in [9.17, 15) is 13.9 Å².